The van der Waals surface area contributed by atoms with Crippen molar-refractivity contribution in [1.82, 2.24) is 9.97 Å². The molecule has 2 N–H and O–H groups in total. The van der Waals surface area contributed by atoms with E-state index in [-0.39, 0.29) is 27.4 Å². The monoisotopic (exact) mass is 425 g/mol. The van der Waals surface area contributed by atoms with Crippen molar-refractivity contribution < 1.29 is 22.7 Å². The van der Waals surface area contributed by atoms with E-state index >= 15 is 4.39 Å². The largest absolute Gasteiger partial charge is 0.481 e. The highest BCUT2D eigenvalue weighted by Gasteiger charge is 2.39. The van der Waals surface area contributed by atoms with Crippen LogP contribution in [0.1, 0.15) is 36.4 Å². The molecule has 4 rings (SSSR count). The Morgan fingerprint density at radius 1 is 1.29 bits per heavy atom. The van der Waals surface area contributed by atoms with Crippen molar-refractivity contribution in [3.05, 3.63) is 40.6 Å². The van der Waals surface area contributed by atoms with Gasteiger partial charge in [-0.05, 0) is 48.9 Å². The fraction of sp³-hybridized carbons (Fsp3) is 0.389. The van der Waals surface area contributed by atoms with Gasteiger partial charge in [0.05, 0.1) is 23.1 Å². The summed E-state index contributed by atoms with van der Waals surface area (Å²) in [7, 11) is -3.61. The molecule has 1 aromatic heterocycles. The van der Waals surface area contributed by atoms with Crippen molar-refractivity contribution >= 4 is 38.9 Å². The third kappa shape index (κ3) is 3.22. The number of carboxylic acid groups (broad SMARTS) is 1. The van der Waals surface area contributed by atoms with E-state index in [0.29, 0.717) is 36.9 Å². The first-order chi connectivity index (χ1) is 13.3. The Hall–Kier alpha value is -2.26. The van der Waals surface area contributed by atoms with Gasteiger partial charge >= 0.3 is 5.97 Å². The average Bonchev–Trinajstić information content (AvgIpc) is 2.55. The van der Waals surface area contributed by atoms with Gasteiger partial charge in [0.2, 0.25) is 5.28 Å². The lowest BCUT2D eigenvalue weighted by molar-refractivity contribution is -0.145. The van der Waals surface area contributed by atoms with Crippen LogP contribution in [0.5, 0.6) is 0 Å². The average molecular weight is 426 g/mol. The summed E-state index contributed by atoms with van der Waals surface area (Å²) in [5, 5.41) is 11.9. The lowest BCUT2D eigenvalue weighted by Crippen LogP contribution is -2.31. The van der Waals surface area contributed by atoms with Crippen LogP contribution in [0.2, 0.25) is 5.28 Å². The summed E-state index contributed by atoms with van der Waals surface area (Å²) in [4.78, 5) is 19.2. The molecule has 2 heterocycles. The third-order valence-corrected chi connectivity index (χ3v) is 7.36. The van der Waals surface area contributed by atoms with Gasteiger partial charge in [-0.15, -0.1) is 0 Å². The van der Waals surface area contributed by atoms with Crippen LogP contribution in [-0.2, 0) is 21.1 Å². The minimum atomic E-state index is -3.61. The van der Waals surface area contributed by atoms with Gasteiger partial charge in [-0.3, -0.25) is 4.79 Å². The molecule has 28 heavy (non-hydrogen) atoms. The van der Waals surface area contributed by atoms with Crippen molar-refractivity contribution in [2.75, 3.05) is 11.1 Å². The quantitative estimate of drug-likeness (QED) is 0.723. The van der Waals surface area contributed by atoms with Gasteiger partial charge in [-0.2, -0.15) is 4.98 Å². The van der Waals surface area contributed by atoms with Gasteiger partial charge in [0.15, 0.2) is 15.7 Å². The lowest BCUT2D eigenvalue weighted by atomic mass is 9.70. The molecule has 148 valence electrons. The van der Waals surface area contributed by atoms with E-state index in [4.69, 9.17) is 11.6 Å². The number of aliphatic carboxylic acids is 1. The molecule has 1 aliphatic heterocycles. The molecule has 1 aromatic carbocycles. The lowest BCUT2D eigenvalue weighted by Gasteiger charge is -2.34. The second kappa shape index (κ2) is 6.97. The number of benzene rings is 1. The molecular formula is C18H17ClFN3O4S. The summed E-state index contributed by atoms with van der Waals surface area (Å²) < 4.78 is 40.1. The number of halogens is 2. The molecule has 2 unspecified atom stereocenters. The highest BCUT2D eigenvalue weighted by molar-refractivity contribution is 7.91. The summed E-state index contributed by atoms with van der Waals surface area (Å²) in [5.74, 6) is -2.69. The highest BCUT2D eigenvalue weighted by atomic mass is 35.5. The van der Waals surface area contributed by atoms with E-state index in [2.05, 4.69) is 15.3 Å². The van der Waals surface area contributed by atoms with Crippen molar-refractivity contribution in [2.45, 2.75) is 36.5 Å². The molecule has 0 amide bonds. The molecule has 1 fully saturated rings. The molecule has 1 saturated carbocycles. The predicted octanol–water partition coefficient (Wildman–Crippen LogP) is 3.31. The molecule has 0 spiro atoms. The first kappa shape index (κ1) is 19.1. The molecule has 1 aliphatic carbocycles. The normalized spacial score (nSPS) is 22.8. The SMILES string of the molecule is O=C(O)C1CCC1c1cccc(Nc2nc(Cl)nc3c2S(=O)(=O)CCC3)c1F. The summed E-state index contributed by atoms with van der Waals surface area (Å²) >= 11 is 5.93. The van der Waals surface area contributed by atoms with E-state index in [1.165, 1.54) is 6.07 Å². The third-order valence-electron chi connectivity index (χ3n) is 5.32. The van der Waals surface area contributed by atoms with Crippen LogP contribution in [-0.4, -0.2) is 35.2 Å². The minimum absolute atomic E-state index is 0.0197. The number of carboxylic acids is 1. The van der Waals surface area contributed by atoms with Crippen LogP contribution in [0, 0.1) is 11.7 Å². The Kier molecular flexibility index (Phi) is 4.75. The zero-order valence-corrected chi connectivity index (χ0v) is 16.2. The summed E-state index contributed by atoms with van der Waals surface area (Å²) in [6, 6.07) is 4.60. The Labute approximate surface area is 165 Å². The van der Waals surface area contributed by atoms with Gasteiger partial charge in [-0.1, -0.05) is 12.1 Å². The van der Waals surface area contributed by atoms with Crippen LogP contribution in [0.15, 0.2) is 23.1 Å². The topological polar surface area (TPSA) is 109 Å². The minimum Gasteiger partial charge on any atom is -0.481 e. The molecule has 0 bridgehead atoms. The Morgan fingerprint density at radius 3 is 2.75 bits per heavy atom. The summed E-state index contributed by atoms with van der Waals surface area (Å²) in [6.07, 6.45) is 1.96. The zero-order chi connectivity index (χ0) is 20.1. The van der Waals surface area contributed by atoms with Crippen molar-refractivity contribution in [2.24, 2.45) is 5.92 Å². The number of carbonyl (C=O) groups is 1. The number of hydrogen-bond acceptors (Lipinski definition) is 6. The first-order valence-electron chi connectivity index (χ1n) is 8.85. The second-order valence-corrected chi connectivity index (χ2v) is 9.39. The summed E-state index contributed by atoms with van der Waals surface area (Å²) in [6.45, 7) is 0. The Bertz CT molecular complexity index is 1080. The number of fused-ring (bicyclic) bond motifs is 1. The van der Waals surface area contributed by atoms with Crippen LogP contribution >= 0.6 is 11.6 Å². The molecular weight excluding hydrogens is 409 g/mol. The number of nitrogens with one attached hydrogen (secondary N) is 1. The molecule has 2 aliphatic rings. The van der Waals surface area contributed by atoms with Crippen molar-refractivity contribution in [3.8, 4) is 0 Å². The van der Waals surface area contributed by atoms with E-state index in [1.807, 2.05) is 0 Å². The number of nitrogens with zero attached hydrogens (tertiary/aromatic N) is 2. The number of rotatable bonds is 4. The Balaban J connectivity index is 1.75. The second-order valence-electron chi connectivity index (χ2n) is 7.00. The van der Waals surface area contributed by atoms with E-state index in [1.54, 1.807) is 12.1 Å². The predicted molar refractivity (Wildman–Crippen MR) is 100 cm³/mol. The fourth-order valence-corrected chi connectivity index (χ4v) is 5.62. The number of hydrogen-bond donors (Lipinski definition) is 2. The number of sulfone groups is 1. The maximum absolute atomic E-state index is 15.1. The van der Waals surface area contributed by atoms with Gasteiger partial charge in [-0.25, -0.2) is 17.8 Å². The van der Waals surface area contributed by atoms with Crippen LogP contribution in [0.3, 0.4) is 0 Å². The standard InChI is InChI=1S/C18H17ClFN3O4S/c19-18-22-13-5-2-8-28(26,27)15(13)16(23-18)21-12-4-1-3-10(14(12)20)9-6-7-11(9)17(24)25/h1,3-4,9,11H,2,5-8H2,(H,24,25)(H,21,22,23). The van der Waals surface area contributed by atoms with Gasteiger partial charge < -0.3 is 10.4 Å². The maximum atomic E-state index is 15.1. The van der Waals surface area contributed by atoms with Crippen LogP contribution < -0.4 is 5.32 Å². The number of anilines is 2. The van der Waals surface area contributed by atoms with Crippen LogP contribution in [0.25, 0.3) is 0 Å². The molecule has 0 radical (unpaired) electrons. The van der Waals surface area contributed by atoms with E-state index in [0.717, 1.165) is 0 Å². The summed E-state index contributed by atoms with van der Waals surface area (Å²) in [5.41, 5.74) is 0.627. The van der Waals surface area contributed by atoms with E-state index < -0.39 is 33.5 Å². The molecule has 10 heteroatoms. The molecule has 2 atom stereocenters. The zero-order valence-electron chi connectivity index (χ0n) is 14.7. The molecule has 7 nitrogen and oxygen atoms in total. The fourth-order valence-electron chi connectivity index (χ4n) is 3.81. The van der Waals surface area contributed by atoms with Gasteiger partial charge in [0.1, 0.15) is 10.7 Å². The maximum Gasteiger partial charge on any atom is 0.307 e. The van der Waals surface area contributed by atoms with Crippen molar-refractivity contribution in [3.63, 3.8) is 0 Å². The van der Waals surface area contributed by atoms with Crippen molar-refractivity contribution in [1.29, 1.82) is 0 Å². The van der Waals surface area contributed by atoms with Gasteiger partial charge in [0.25, 0.3) is 0 Å². The first-order valence-corrected chi connectivity index (χ1v) is 10.9. The number of aryl methyl sites for hydroxylation is 1. The molecule has 0 saturated heterocycles. The molecule has 2 aromatic rings. The number of aromatic nitrogens is 2. The van der Waals surface area contributed by atoms with Crippen LogP contribution in [0.4, 0.5) is 15.9 Å². The smallest absolute Gasteiger partial charge is 0.307 e. The van der Waals surface area contributed by atoms with E-state index in [9.17, 15) is 18.3 Å². The Morgan fingerprint density at radius 2 is 2.07 bits per heavy atom. The van der Waals surface area contributed by atoms with Gasteiger partial charge in [0, 0.05) is 5.92 Å². The highest BCUT2D eigenvalue weighted by Crippen LogP contribution is 2.45.